The Labute approximate surface area is 278 Å². The molecular formula is C45H28N2O. The molecule has 2 heterocycles. The molecule has 10 rings (SSSR count). The van der Waals surface area contributed by atoms with E-state index in [1.165, 1.54) is 38.6 Å². The van der Waals surface area contributed by atoms with Crippen LogP contribution in [0.25, 0.3) is 55.5 Å². The van der Waals surface area contributed by atoms with Crippen LogP contribution in [0, 0.1) is 0 Å². The molecule has 8 aromatic rings. The Hall–Kier alpha value is -6.32. The quantitative estimate of drug-likeness (QED) is 0.199. The fourth-order valence-corrected chi connectivity index (χ4v) is 8.00. The predicted molar refractivity (Wildman–Crippen MR) is 193 cm³/mol. The van der Waals surface area contributed by atoms with E-state index in [-0.39, 0.29) is 0 Å². The topological polar surface area (TPSA) is 35.0 Å². The number of aromatic nitrogens is 2. The SMILES string of the molecule is c1ccc2c(c1)Oc1c(-c3ccc(-c4ccc(-c5cccc6ccccc56)nn4)cc3)cccc1C21c2ccccc2-c2ccccc21. The van der Waals surface area contributed by atoms with Gasteiger partial charge in [0, 0.05) is 27.8 Å². The van der Waals surface area contributed by atoms with E-state index < -0.39 is 5.41 Å². The number of hydrogen-bond donors (Lipinski definition) is 0. The van der Waals surface area contributed by atoms with Gasteiger partial charge in [-0.2, -0.15) is 0 Å². The molecule has 0 amide bonds. The monoisotopic (exact) mass is 612 g/mol. The lowest BCUT2D eigenvalue weighted by Gasteiger charge is -2.40. The van der Waals surface area contributed by atoms with Crippen molar-refractivity contribution in [3.63, 3.8) is 0 Å². The van der Waals surface area contributed by atoms with E-state index in [0.29, 0.717) is 0 Å². The van der Waals surface area contributed by atoms with Gasteiger partial charge in [0.25, 0.3) is 0 Å². The van der Waals surface area contributed by atoms with Crippen LogP contribution in [0.3, 0.4) is 0 Å². The second kappa shape index (κ2) is 10.3. The van der Waals surface area contributed by atoms with E-state index in [2.05, 4.69) is 180 Å². The second-order valence-corrected chi connectivity index (χ2v) is 12.5. The van der Waals surface area contributed by atoms with Crippen molar-refractivity contribution < 1.29 is 4.74 Å². The van der Waals surface area contributed by atoms with E-state index in [1.54, 1.807) is 0 Å². The minimum absolute atomic E-state index is 0.477. The zero-order valence-electron chi connectivity index (χ0n) is 26.0. The molecule has 1 aromatic heterocycles. The van der Waals surface area contributed by atoms with Crippen molar-refractivity contribution in [2.24, 2.45) is 0 Å². The third-order valence-corrected chi connectivity index (χ3v) is 10.1. The Kier molecular flexibility index (Phi) is 5.79. The van der Waals surface area contributed by atoms with Gasteiger partial charge in [0.05, 0.1) is 16.8 Å². The summed E-state index contributed by atoms with van der Waals surface area (Å²) in [5.74, 6) is 1.79. The van der Waals surface area contributed by atoms with Crippen LogP contribution in [0.5, 0.6) is 11.5 Å². The van der Waals surface area contributed by atoms with Gasteiger partial charge in [0.15, 0.2) is 0 Å². The smallest absolute Gasteiger partial charge is 0.140 e. The number of para-hydroxylation sites is 2. The molecule has 0 N–H and O–H groups in total. The maximum atomic E-state index is 6.86. The molecule has 48 heavy (non-hydrogen) atoms. The molecular weight excluding hydrogens is 585 g/mol. The maximum Gasteiger partial charge on any atom is 0.140 e. The van der Waals surface area contributed by atoms with Gasteiger partial charge in [-0.15, -0.1) is 10.2 Å². The zero-order valence-corrected chi connectivity index (χ0v) is 26.0. The van der Waals surface area contributed by atoms with Crippen LogP contribution in [0.1, 0.15) is 22.3 Å². The van der Waals surface area contributed by atoms with E-state index in [4.69, 9.17) is 4.74 Å². The summed E-state index contributed by atoms with van der Waals surface area (Å²) in [6, 6.07) is 60.2. The van der Waals surface area contributed by atoms with Crippen molar-refractivity contribution in [2.75, 3.05) is 0 Å². The van der Waals surface area contributed by atoms with Gasteiger partial charge >= 0.3 is 0 Å². The summed E-state index contributed by atoms with van der Waals surface area (Å²) < 4.78 is 6.86. The van der Waals surface area contributed by atoms with Gasteiger partial charge in [-0.25, -0.2) is 0 Å². The summed E-state index contributed by atoms with van der Waals surface area (Å²) in [5, 5.41) is 11.7. The first-order valence-electron chi connectivity index (χ1n) is 16.3. The molecule has 0 saturated carbocycles. The van der Waals surface area contributed by atoms with Gasteiger partial charge in [-0.05, 0) is 56.8 Å². The summed E-state index contributed by atoms with van der Waals surface area (Å²) >= 11 is 0. The summed E-state index contributed by atoms with van der Waals surface area (Å²) in [5.41, 5.74) is 13.0. The number of rotatable bonds is 3. The molecule has 3 nitrogen and oxygen atoms in total. The molecule has 0 bridgehead atoms. The average molecular weight is 613 g/mol. The predicted octanol–water partition coefficient (Wildman–Crippen LogP) is 11.1. The number of hydrogen-bond acceptors (Lipinski definition) is 3. The molecule has 7 aromatic carbocycles. The lowest BCUT2D eigenvalue weighted by molar-refractivity contribution is 0.438. The minimum Gasteiger partial charge on any atom is -0.456 e. The zero-order chi connectivity index (χ0) is 31.7. The van der Waals surface area contributed by atoms with Crippen LogP contribution < -0.4 is 4.74 Å². The Morgan fingerprint density at radius 3 is 1.69 bits per heavy atom. The fourth-order valence-electron chi connectivity index (χ4n) is 8.00. The third-order valence-electron chi connectivity index (χ3n) is 10.1. The molecule has 0 fully saturated rings. The molecule has 0 radical (unpaired) electrons. The van der Waals surface area contributed by atoms with Gasteiger partial charge in [0.2, 0.25) is 0 Å². The number of benzene rings is 7. The van der Waals surface area contributed by atoms with Crippen LogP contribution in [-0.4, -0.2) is 10.2 Å². The van der Waals surface area contributed by atoms with Gasteiger partial charge in [-0.1, -0.05) is 152 Å². The summed E-state index contributed by atoms with van der Waals surface area (Å²) in [4.78, 5) is 0. The van der Waals surface area contributed by atoms with E-state index in [0.717, 1.165) is 50.7 Å². The van der Waals surface area contributed by atoms with Crippen LogP contribution in [0.4, 0.5) is 0 Å². The lowest BCUT2D eigenvalue weighted by Crippen LogP contribution is -2.32. The Morgan fingerprint density at radius 1 is 0.375 bits per heavy atom. The van der Waals surface area contributed by atoms with Crippen molar-refractivity contribution in [3.05, 3.63) is 192 Å². The van der Waals surface area contributed by atoms with Gasteiger partial charge in [0.1, 0.15) is 11.5 Å². The van der Waals surface area contributed by atoms with Crippen molar-refractivity contribution in [1.29, 1.82) is 0 Å². The van der Waals surface area contributed by atoms with Crippen LogP contribution in [0.2, 0.25) is 0 Å². The Balaban J connectivity index is 1.07. The minimum atomic E-state index is -0.477. The van der Waals surface area contributed by atoms with Gasteiger partial charge < -0.3 is 4.74 Å². The van der Waals surface area contributed by atoms with Crippen LogP contribution in [-0.2, 0) is 5.41 Å². The number of ether oxygens (including phenoxy) is 1. The van der Waals surface area contributed by atoms with E-state index in [9.17, 15) is 0 Å². The normalized spacial score (nSPS) is 13.3. The van der Waals surface area contributed by atoms with Crippen molar-refractivity contribution in [3.8, 4) is 56.3 Å². The first kappa shape index (κ1) is 26.9. The molecule has 1 aliphatic carbocycles. The van der Waals surface area contributed by atoms with E-state index in [1.807, 2.05) is 0 Å². The molecule has 0 atom stereocenters. The number of nitrogens with zero attached hydrogens (tertiary/aromatic N) is 2. The van der Waals surface area contributed by atoms with Crippen LogP contribution in [0.15, 0.2) is 170 Å². The molecule has 1 spiro atoms. The summed E-state index contributed by atoms with van der Waals surface area (Å²) in [6.45, 7) is 0. The van der Waals surface area contributed by atoms with Gasteiger partial charge in [-0.3, -0.25) is 0 Å². The average Bonchev–Trinajstić information content (AvgIpc) is 3.45. The summed E-state index contributed by atoms with van der Waals surface area (Å²) in [7, 11) is 0. The standard InChI is InChI=1S/C45H28N2O/c1-2-13-32-29(11-1)12-9-17-36(32)42-28-27-41(46-47-42)31-25-23-30(24-26-31)33-16-10-21-40-44(33)48-43-22-8-7-20-39(43)45(40)37-18-5-3-14-34(37)35-15-4-6-19-38(35)45/h1-28H. The molecule has 0 saturated heterocycles. The highest BCUT2D eigenvalue weighted by atomic mass is 16.5. The highest BCUT2D eigenvalue weighted by Gasteiger charge is 2.51. The largest absolute Gasteiger partial charge is 0.456 e. The molecule has 1 aliphatic heterocycles. The second-order valence-electron chi connectivity index (χ2n) is 12.5. The van der Waals surface area contributed by atoms with Crippen LogP contribution >= 0.6 is 0 Å². The third kappa shape index (κ3) is 3.76. The molecule has 0 unspecified atom stereocenters. The molecule has 2 aliphatic rings. The first-order valence-corrected chi connectivity index (χ1v) is 16.3. The van der Waals surface area contributed by atoms with Crippen molar-refractivity contribution in [2.45, 2.75) is 5.41 Å². The summed E-state index contributed by atoms with van der Waals surface area (Å²) in [6.07, 6.45) is 0. The first-order chi connectivity index (χ1) is 23.8. The highest BCUT2D eigenvalue weighted by Crippen LogP contribution is 2.63. The maximum absolute atomic E-state index is 6.86. The molecule has 224 valence electrons. The fraction of sp³-hybridized carbons (Fsp3) is 0.0222. The molecule has 3 heteroatoms. The Morgan fingerprint density at radius 2 is 0.917 bits per heavy atom. The Bertz CT molecular complexity index is 2480. The van der Waals surface area contributed by atoms with E-state index >= 15 is 0 Å². The highest BCUT2D eigenvalue weighted by molar-refractivity contribution is 5.96. The van der Waals surface area contributed by atoms with Crippen molar-refractivity contribution in [1.82, 2.24) is 10.2 Å². The number of fused-ring (bicyclic) bond motifs is 10. The van der Waals surface area contributed by atoms with Crippen molar-refractivity contribution >= 4 is 10.8 Å². The lowest BCUT2D eigenvalue weighted by atomic mass is 9.65.